The van der Waals surface area contributed by atoms with Gasteiger partial charge in [-0.15, -0.1) is 11.3 Å². The molecule has 38 heavy (non-hydrogen) atoms. The lowest BCUT2D eigenvalue weighted by Crippen LogP contribution is -2.29. The van der Waals surface area contributed by atoms with Gasteiger partial charge in [0.25, 0.3) is 11.7 Å². The summed E-state index contributed by atoms with van der Waals surface area (Å²) < 4.78 is 5.97. The van der Waals surface area contributed by atoms with Crippen molar-refractivity contribution in [3.63, 3.8) is 0 Å². The third-order valence-electron chi connectivity index (χ3n) is 6.59. The maximum atomic E-state index is 13.4. The lowest BCUT2D eigenvalue weighted by molar-refractivity contribution is -0.132. The van der Waals surface area contributed by atoms with E-state index in [1.807, 2.05) is 98.0 Å². The summed E-state index contributed by atoms with van der Waals surface area (Å²) >= 11 is 1.44. The zero-order valence-corrected chi connectivity index (χ0v) is 22.2. The van der Waals surface area contributed by atoms with E-state index in [4.69, 9.17) is 4.74 Å². The predicted molar refractivity (Wildman–Crippen MR) is 152 cm³/mol. The van der Waals surface area contributed by atoms with Crippen molar-refractivity contribution in [1.82, 2.24) is 0 Å². The number of carbonyl (C=O) groups excluding carboxylic acids is 2. The first-order valence-corrected chi connectivity index (χ1v) is 13.1. The number of anilines is 2. The first-order valence-electron chi connectivity index (χ1n) is 12.2. The first-order chi connectivity index (χ1) is 18.3. The topological polar surface area (TPSA) is 70.1 Å². The molecule has 3 aromatic carbocycles. The van der Waals surface area contributed by atoms with E-state index < -0.39 is 17.7 Å². The normalized spacial score (nSPS) is 16.6. The van der Waals surface area contributed by atoms with Gasteiger partial charge >= 0.3 is 0 Å². The number of aryl methyl sites for hydroxylation is 1. The standard InChI is InChI=1S/C31H28N2O4S/c1-20-18-22(11-16-25(20)37-19-21-8-5-4-6-9-21)29(34)27-28(26-10-7-17-38-26)33(31(36)30(27)35)24-14-12-23(13-15-24)32(2)3/h4-18,28,34H,19H2,1-3H3/b29-27-. The number of amides is 1. The van der Waals surface area contributed by atoms with Gasteiger partial charge in [0.1, 0.15) is 24.2 Å². The fourth-order valence-electron chi connectivity index (χ4n) is 4.58. The molecule has 1 amide bonds. The number of nitrogens with zero attached hydrogens (tertiary/aromatic N) is 2. The average molecular weight is 525 g/mol. The van der Waals surface area contributed by atoms with Crippen molar-refractivity contribution in [2.75, 3.05) is 23.9 Å². The van der Waals surface area contributed by atoms with Crippen molar-refractivity contribution in [3.05, 3.63) is 117 Å². The van der Waals surface area contributed by atoms with Gasteiger partial charge in [0, 0.05) is 35.9 Å². The van der Waals surface area contributed by atoms with Crippen LogP contribution in [0.15, 0.2) is 95.9 Å². The number of ether oxygens (including phenoxy) is 1. The average Bonchev–Trinajstić information content (AvgIpc) is 3.55. The van der Waals surface area contributed by atoms with Crippen LogP contribution < -0.4 is 14.5 Å². The van der Waals surface area contributed by atoms with Crippen molar-refractivity contribution in [2.45, 2.75) is 19.6 Å². The molecular formula is C31H28N2O4S. The van der Waals surface area contributed by atoms with E-state index in [0.29, 0.717) is 23.6 Å². The van der Waals surface area contributed by atoms with Crippen LogP contribution in [0, 0.1) is 6.92 Å². The second-order valence-corrected chi connectivity index (χ2v) is 10.3. The lowest BCUT2D eigenvalue weighted by atomic mass is 9.98. The van der Waals surface area contributed by atoms with Gasteiger partial charge in [-0.2, -0.15) is 0 Å². The second kappa shape index (κ2) is 10.6. The minimum absolute atomic E-state index is 0.0755. The van der Waals surface area contributed by atoms with E-state index in [0.717, 1.165) is 21.7 Å². The molecule has 5 rings (SSSR count). The minimum atomic E-state index is -0.727. The van der Waals surface area contributed by atoms with E-state index in [9.17, 15) is 14.7 Å². The SMILES string of the molecule is Cc1cc(/C(O)=C2/C(=O)C(=O)N(c3ccc(N(C)C)cc3)C2c2cccs2)ccc1OCc1ccccc1. The lowest BCUT2D eigenvalue weighted by Gasteiger charge is -2.25. The Kier molecular flexibility index (Phi) is 7.03. The highest BCUT2D eigenvalue weighted by molar-refractivity contribution is 7.10. The number of Topliss-reactive ketones (excluding diaryl/α,β-unsaturated/α-hetero) is 1. The molecule has 4 aromatic rings. The van der Waals surface area contributed by atoms with Gasteiger partial charge in [-0.1, -0.05) is 36.4 Å². The zero-order chi connectivity index (χ0) is 26.8. The van der Waals surface area contributed by atoms with Crippen LogP contribution in [0.25, 0.3) is 5.76 Å². The molecule has 0 radical (unpaired) electrons. The summed E-state index contributed by atoms with van der Waals surface area (Å²) in [6, 6.07) is 25.6. The Morgan fingerprint density at radius 1 is 0.974 bits per heavy atom. The maximum absolute atomic E-state index is 13.4. The predicted octanol–water partition coefficient (Wildman–Crippen LogP) is 6.33. The number of aliphatic hydroxyl groups excluding tert-OH is 1. The molecule has 0 bridgehead atoms. The van der Waals surface area contributed by atoms with Crippen LogP contribution in [0.1, 0.15) is 27.6 Å². The number of hydrogen-bond donors (Lipinski definition) is 1. The summed E-state index contributed by atoms with van der Waals surface area (Å²) in [7, 11) is 3.87. The molecule has 6 nitrogen and oxygen atoms in total. The number of carbonyl (C=O) groups is 2. The number of benzene rings is 3. The van der Waals surface area contributed by atoms with Gasteiger partial charge in [0.15, 0.2) is 0 Å². The maximum Gasteiger partial charge on any atom is 0.300 e. The molecule has 1 saturated heterocycles. The largest absolute Gasteiger partial charge is 0.507 e. The third-order valence-corrected chi connectivity index (χ3v) is 7.51. The Bertz CT molecular complexity index is 1490. The molecule has 1 aliphatic rings. The van der Waals surface area contributed by atoms with E-state index in [1.165, 1.54) is 16.2 Å². The quantitative estimate of drug-likeness (QED) is 0.174. The molecule has 0 spiro atoms. The summed E-state index contributed by atoms with van der Waals surface area (Å²) in [5.74, 6) is -0.893. The highest BCUT2D eigenvalue weighted by Crippen LogP contribution is 2.44. The second-order valence-electron chi connectivity index (χ2n) is 9.35. The molecular weight excluding hydrogens is 496 g/mol. The Labute approximate surface area is 226 Å². The van der Waals surface area contributed by atoms with Crippen LogP contribution in [0.4, 0.5) is 11.4 Å². The van der Waals surface area contributed by atoms with Crippen LogP contribution in [0.2, 0.25) is 0 Å². The Morgan fingerprint density at radius 3 is 2.34 bits per heavy atom. The molecule has 7 heteroatoms. The Balaban J connectivity index is 1.51. The highest BCUT2D eigenvalue weighted by atomic mass is 32.1. The molecule has 2 heterocycles. The fourth-order valence-corrected chi connectivity index (χ4v) is 5.40. The molecule has 1 unspecified atom stereocenters. The molecule has 1 N–H and O–H groups in total. The van der Waals surface area contributed by atoms with Crippen molar-refractivity contribution in [2.24, 2.45) is 0 Å². The molecule has 1 atom stereocenters. The van der Waals surface area contributed by atoms with Gasteiger partial charge in [0.2, 0.25) is 0 Å². The summed E-state index contributed by atoms with van der Waals surface area (Å²) in [6.45, 7) is 2.31. The number of rotatable bonds is 7. The summed E-state index contributed by atoms with van der Waals surface area (Å²) in [5.41, 5.74) is 3.96. The number of hydrogen-bond acceptors (Lipinski definition) is 6. The molecule has 192 valence electrons. The smallest absolute Gasteiger partial charge is 0.300 e. The van der Waals surface area contributed by atoms with E-state index in [1.54, 1.807) is 18.2 Å². The van der Waals surface area contributed by atoms with Crippen LogP contribution in [0.3, 0.4) is 0 Å². The number of ketones is 1. The first kappa shape index (κ1) is 25.3. The fraction of sp³-hybridized carbons (Fsp3) is 0.161. The van der Waals surface area contributed by atoms with Crippen LogP contribution >= 0.6 is 11.3 Å². The van der Waals surface area contributed by atoms with Gasteiger partial charge in [-0.05, 0) is 72.0 Å². The van der Waals surface area contributed by atoms with E-state index in [2.05, 4.69) is 0 Å². The Morgan fingerprint density at radius 2 is 1.71 bits per heavy atom. The molecule has 1 aliphatic heterocycles. The summed E-state index contributed by atoms with van der Waals surface area (Å²) in [6.07, 6.45) is 0. The molecule has 0 saturated carbocycles. The van der Waals surface area contributed by atoms with Crippen molar-refractivity contribution >= 4 is 40.2 Å². The number of aliphatic hydroxyl groups is 1. The number of thiophene rings is 1. The highest BCUT2D eigenvalue weighted by Gasteiger charge is 2.47. The van der Waals surface area contributed by atoms with Crippen molar-refractivity contribution < 1.29 is 19.4 Å². The van der Waals surface area contributed by atoms with Crippen molar-refractivity contribution in [1.29, 1.82) is 0 Å². The monoisotopic (exact) mass is 524 g/mol. The molecule has 1 fully saturated rings. The van der Waals surface area contributed by atoms with Gasteiger partial charge in [0.05, 0.1) is 5.57 Å². The zero-order valence-electron chi connectivity index (χ0n) is 21.4. The Hall–Kier alpha value is -4.36. The summed E-state index contributed by atoms with van der Waals surface area (Å²) in [4.78, 5) is 30.9. The van der Waals surface area contributed by atoms with Gasteiger partial charge < -0.3 is 14.7 Å². The summed E-state index contributed by atoms with van der Waals surface area (Å²) in [5, 5.41) is 13.3. The molecule has 1 aromatic heterocycles. The van der Waals surface area contributed by atoms with Crippen LogP contribution in [-0.4, -0.2) is 30.9 Å². The minimum Gasteiger partial charge on any atom is -0.507 e. The third kappa shape index (κ3) is 4.80. The van der Waals surface area contributed by atoms with Crippen LogP contribution in [0.5, 0.6) is 5.75 Å². The van der Waals surface area contributed by atoms with Gasteiger partial charge in [-0.25, -0.2) is 0 Å². The van der Waals surface area contributed by atoms with Gasteiger partial charge in [-0.3, -0.25) is 14.5 Å². The molecule has 0 aliphatic carbocycles. The van der Waals surface area contributed by atoms with E-state index >= 15 is 0 Å². The van der Waals surface area contributed by atoms with Crippen LogP contribution in [-0.2, 0) is 16.2 Å². The van der Waals surface area contributed by atoms with Crippen molar-refractivity contribution in [3.8, 4) is 5.75 Å². The van der Waals surface area contributed by atoms with E-state index in [-0.39, 0.29) is 11.3 Å².